The van der Waals surface area contributed by atoms with Crippen molar-refractivity contribution < 1.29 is 13.2 Å². The van der Waals surface area contributed by atoms with Crippen LogP contribution in [0.4, 0.5) is 11.4 Å². The number of para-hydroxylation sites is 1. The molecule has 5 nitrogen and oxygen atoms in total. The predicted molar refractivity (Wildman–Crippen MR) is 98.3 cm³/mol. The first-order chi connectivity index (χ1) is 11.3. The highest BCUT2D eigenvalue weighted by Crippen LogP contribution is 2.29. The molecule has 8 heteroatoms. The quantitative estimate of drug-likeness (QED) is 0.820. The van der Waals surface area contributed by atoms with Gasteiger partial charge in [-0.05, 0) is 24.3 Å². The molecule has 0 radical (unpaired) electrons. The van der Waals surface area contributed by atoms with Crippen molar-refractivity contribution >= 4 is 50.5 Å². The van der Waals surface area contributed by atoms with Gasteiger partial charge in [0.05, 0.1) is 27.2 Å². The van der Waals surface area contributed by atoms with Gasteiger partial charge in [0.1, 0.15) is 0 Å². The molecule has 24 heavy (non-hydrogen) atoms. The highest BCUT2D eigenvalue weighted by atomic mass is 35.5. The Kier molecular flexibility index (Phi) is 6.10. The van der Waals surface area contributed by atoms with Gasteiger partial charge in [0.15, 0.2) is 0 Å². The van der Waals surface area contributed by atoms with Gasteiger partial charge < -0.3 is 5.32 Å². The minimum absolute atomic E-state index is 0.192. The van der Waals surface area contributed by atoms with E-state index in [1.807, 2.05) is 0 Å². The van der Waals surface area contributed by atoms with Crippen LogP contribution in [0.3, 0.4) is 0 Å². The molecule has 128 valence electrons. The zero-order valence-corrected chi connectivity index (χ0v) is 15.2. The predicted octanol–water partition coefficient (Wildman–Crippen LogP) is 3.79. The van der Waals surface area contributed by atoms with E-state index in [0.29, 0.717) is 16.4 Å². The van der Waals surface area contributed by atoms with Gasteiger partial charge >= 0.3 is 0 Å². The van der Waals surface area contributed by atoms with Gasteiger partial charge in [-0.2, -0.15) is 0 Å². The molecule has 2 aromatic carbocycles. The SMILES string of the molecule is CN(c1ccccc1)S(=O)(=O)CCC(=O)Nc1cccc(Cl)c1Cl. The minimum Gasteiger partial charge on any atom is -0.325 e. The summed E-state index contributed by atoms with van der Waals surface area (Å²) in [6.45, 7) is 0. The number of anilines is 2. The van der Waals surface area contributed by atoms with E-state index in [1.165, 1.54) is 7.05 Å². The Hall–Kier alpha value is -1.76. The first-order valence-electron chi connectivity index (χ1n) is 7.07. The summed E-state index contributed by atoms with van der Waals surface area (Å²) in [4.78, 5) is 12.0. The van der Waals surface area contributed by atoms with Crippen molar-refractivity contribution in [3.8, 4) is 0 Å². The zero-order chi connectivity index (χ0) is 17.7. The van der Waals surface area contributed by atoms with Crippen LogP contribution in [0.15, 0.2) is 48.5 Å². The van der Waals surface area contributed by atoms with Crippen molar-refractivity contribution in [3.63, 3.8) is 0 Å². The average molecular weight is 387 g/mol. The standard InChI is InChI=1S/C16H16Cl2N2O3S/c1-20(12-6-3-2-4-7-12)24(22,23)11-10-15(21)19-14-9-5-8-13(17)16(14)18/h2-9H,10-11H2,1H3,(H,19,21). The molecule has 0 aliphatic carbocycles. The lowest BCUT2D eigenvalue weighted by atomic mass is 10.3. The molecule has 0 atom stereocenters. The highest BCUT2D eigenvalue weighted by molar-refractivity contribution is 7.92. The van der Waals surface area contributed by atoms with Crippen molar-refractivity contribution in [2.75, 3.05) is 22.4 Å². The molecular weight excluding hydrogens is 371 g/mol. The minimum atomic E-state index is -3.61. The number of benzene rings is 2. The summed E-state index contributed by atoms with van der Waals surface area (Å²) in [5.74, 6) is -0.771. The van der Waals surface area contributed by atoms with E-state index in [1.54, 1.807) is 48.5 Å². The molecule has 2 aromatic rings. The van der Waals surface area contributed by atoms with Crippen molar-refractivity contribution in [2.45, 2.75) is 6.42 Å². The van der Waals surface area contributed by atoms with E-state index in [0.717, 1.165) is 4.31 Å². The second-order valence-corrected chi connectivity index (χ2v) is 7.92. The molecule has 0 saturated heterocycles. The van der Waals surface area contributed by atoms with Crippen LogP contribution in [0.2, 0.25) is 10.0 Å². The molecule has 0 spiro atoms. The lowest BCUT2D eigenvalue weighted by Crippen LogP contribution is -2.30. The van der Waals surface area contributed by atoms with Crippen molar-refractivity contribution in [1.29, 1.82) is 0 Å². The molecule has 1 N–H and O–H groups in total. The Balaban J connectivity index is 1.99. The van der Waals surface area contributed by atoms with E-state index >= 15 is 0 Å². The molecule has 2 rings (SSSR count). The normalized spacial score (nSPS) is 11.1. The molecule has 1 amide bonds. The number of nitrogens with one attached hydrogen (secondary N) is 1. The fourth-order valence-electron chi connectivity index (χ4n) is 1.97. The molecule has 0 heterocycles. The summed E-state index contributed by atoms with van der Waals surface area (Å²) < 4.78 is 25.8. The van der Waals surface area contributed by atoms with Crippen LogP contribution in [0.5, 0.6) is 0 Å². The molecule has 0 aromatic heterocycles. The second kappa shape index (κ2) is 7.88. The monoisotopic (exact) mass is 386 g/mol. The molecule has 0 fully saturated rings. The number of carbonyl (C=O) groups excluding carboxylic acids is 1. The van der Waals surface area contributed by atoms with Gasteiger partial charge in [-0.25, -0.2) is 8.42 Å². The first kappa shape index (κ1) is 18.6. The van der Waals surface area contributed by atoms with E-state index in [4.69, 9.17) is 23.2 Å². The van der Waals surface area contributed by atoms with Gasteiger partial charge in [0, 0.05) is 13.5 Å². The average Bonchev–Trinajstić information content (AvgIpc) is 2.57. The van der Waals surface area contributed by atoms with Crippen molar-refractivity contribution in [2.24, 2.45) is 0 Å². The van der Waals surface area contributed by atoms with Crippen LogP contribution in [0.1, 0.15) is 6.42 Å². The maximum Gasteiger partial charge on any atom is 0.235 e. The summed E-state index contributed by atoms with van der Waals surface area (Å²) in [6.07, 6.45) is -0.192. The van der Waals surface area contributed by atoms with Gasteiger partial charge in [-0.15, -0.1) is 0 Å². The highest BCUT2D eigenvalue weighted by Gasteiger charge is 2.20. The maximum atomic E-state index is 12.3. The number of halogens is 2. The van der Waals surface area contributed by atoms with Gasteiger partial charge in [-0.1, -0.05) is 47.5 Å². The smallest absolute Gasteiger partial charge is 0.235 e. The van der Waals surface area contributed by atoms with Crippen LogP contribution < -0.4 is 9.62 Å². The second-order valence-electron chi connectivity index (χ2n) is 5.02. The van der Waals surface area contributed by atoms with E-state index in [2.05, 4.69) is 5.32 Å². The van der Waals surface area contributed by atoms with Gasteiger partial charge in [-0.3, -0.25) is 9.10 Å². The Morgan fingerprint density at radius 2 is 1.75 bits per heavy atom. The lowest BCUT2D eigenvalue weighted by Gasteiger charge is -2.19. The Bertz CT molecular complexity index is 826. The summed E-state index contributed by atoms with van der Waals surface area (Å²) in [5, 5.41) is 3.09. The third kappa shape index (κ3) is 4.63. The fraction of sp³-hybridized carbons (Fsp3) is 0.188. The zero-order valence-electron chi connectivity index (χ0n) is 12.9. The summed E-state index contributed by atoms with van der Waals surface area (Å²) in [7, 11) is -2.15. The number of carbonyl (C=O) groups is 1. The number of amides is 1. The number of rotatable bonds is 6. The number of hydrogen-bond acceptors (Lipinski definition) is 3. The van der Waals surface area contributed by atoms with Crippen molar-refractivity contribution in [1.82, 2.24) is 0 Å². The van der Waals surface area contributed by atoms with Crippen LogP contribution in [-0.2, 0) is 14.8 Å². The van der Waals surface area contributed by atoms with Crippen LogP contribution in [0.25, 0.3) is 0 Å². The lowest BCUT2D eigenvalue weighted by molar-refractivity contribution is -0.115. The molecule has 0 unspecified atom stereocenters. The van der Waals surface area contributed by atoms with Crippen molar-refractivity contribution in [3.05, 3.63) is 58.6 Å². The molecule has 0 aliphatic heterocycles. The summed E-state index contributed by atoms with van der Waals surface area (Å²) in [6, 6.07) is 13.5. The molecule has 0 saturated carbocycles. The Labute approximate surface area is 151 Å². The molecular formula is C16H16Cl2N2O3S. The Morgan fingerprint density at radius 1 is 1.08 bits per heavy atom. The van der Waals surface area contributed by atoms with Crippen LogP contribution in [-0.4, -0.2) is 27.1 Å². The van der Waals surface area contributed by atoms with Crippen LogP contribution in [0, 0.1) is 0 Å². The number of nitrogens with zero attached hydrogens (tertiary/aromatic N) is 1. The van der Waals surface area contributed by atoms with E-state index in [9.17, 15) is 13.2 Å². The fourth-order valence-corrected chi connectivity index (χ4v) is 3.48. The number of hydrogen-bond donors (Lipinski definition) is 1. The van der Waals surface area contributed by atoms with Crippen LogP contribution >= 0.6 is 23.2 Å². The topological polar surface area (TPSA) is 66.5 Å². The first-order valence-corrected chi connectivity index (χ1v) is 9.43. The number of sulfonamides is 1. The summed E-state index contributed by atoms with van der Waals surface area (Å²) in [5.41, 5.74) is 0.888. The van der Waals surface area contributed by atoms with E-state index < -0.39 is 15.9 Å². The van der Waals surface area contributed by atoms with E-state index in [-0.39, 0.29) is 17.2 Å². The summed E-state index contributed by atoms with van der Waals surface area (Å²) >= 11 is 11.9. The largest absolute Gasteiger partial charge is 0.325 e. The molecule has 0 bridgehead atoms. The Morgan fingerprint density at radius 3 is 2.42 bits per heavy atom. The maximum absolute atomic E-state index is 12.3. The third-order valence-electron chi connectivity index (χ3n) is 3.35. The van der Waals surface area contributed by atoms with Gasteiger partial charge in [0.25, 0.3) is 0 Å². The molecule has 0 aliphatic rings. The van der Waals surface area contributed by atoms with Gasteiger partial charge in [0.2, 0.25) is 15.9 Å². The third-order valence-corrected chi connectivity index (χ3v) is 5.93.